The highest BCUT2D eigenvalue weighted by atomic mass is 32.1. The molecule has 3 heteroatoms. The van der Waals surface area contributed by atoms with Crippen molar-refractivity contribution in [3.63, 3.8) is 0 Å². The quantitative estimate of drug-likeness (QED) is 0.810. The number of nitrogens with one attached hydrogen (secondary N) is 1. The third-order valence-electron chi connectivity index (χ3n) is 4.02. The van der Waals surface area contributed by atoms with Crippen LogP contribution in [0.15, 0.2) is 17.5 Å². The first-order valence-corrected chi connectivity index (χ1v) is 8.05. The van der Waals surface area contributed by atoms with Gasteiger partial charge in [0.15, 0.2) is 0 Å². The van der Waals surface area contributed by atoms with Gasteiger partial charge in [-0.25, -0.2) is 0 Å². The lowest BCUT2D eigenvalue weighted by Crippen LogP contribution is -2.44. The molecule has 1 aliphatic carbocycles. The number of hydrogen-bond acceptors (Lipinski definition) is 3. The van der Waals surface area contributed by atoms with E-state index in [1.54, 1.807) is 0 Å². The number of thiophene rings is 1. The van der Waals surface area contributed by atoms with Crippen molar-refractivity contribution in [2.24, 2.45) is 0 Å². The molecule has 1 saturated carbocycles. The Morgan fingerprint density at radius 2 is 2.06 bits per heavy atom. The molecule has 18 heavy (non-hydrogen) atoms. The first-order valence-electron chi connectivity index (χ1n) is 7.17. The molecule has 0 radical (unpaired) electrons. The van der Waals surface area contributed by atoms with E-state index < -0.39 is 0 Å². The summed E-state index contributed by atoms with van der Waals surface area (Å²) < 4.78 is 6.27. The van der Waals surface area contributed by atoms with Gasteiger partial charge in [-0.2, -0.15) is 0 Å². The molecule has 1 aromatic heterocycles. The Morgan fingerprint density at radius 1 is 1.33 bits per heavy atom. The fourth-order valence-corrected chi connectivity index (χ4v) is 4.19. The van der Waals surface area contributed by atoms with Crippen molar-refractivity contribution in [1.29, 1.82) is 0 Å². The molecule has 1 heterocycles. The van der Waals surface area contributed by atoms with E-state index in [0.717, 1.165) is 6.61 Å². The normalized spacial score (nSPS) is 21.4. The Labute approximate surface area is 115 Å². The van der Waals surface area contributed by atoms with Gasteiger partial charge < -0.3 is 10.1 Å². The third-order valence-corrected chi connectivity index (χ3v) is 4.96. The molecular weight excluding hydrogens is 242 g/mol. The summed E-state index contributed by atoms with van der Waals surface area (Å²) in [5.41, 5.74) is 0.00481. The summed E-state index contributed by atoms with van der Waals surface area (Å²) in [4.78, 5) is 1.41. The molecule has 2 nitrogen and oxygen atoms in total. The maximum atomic E-state index is 6.27. The lowest BCUT2D eigenvalue weighted by Gasteiger charge is -2.39. The molecular formula is C15H25NOS. The molecule has 1 fully saturated rings. The van der Waals surface area contributed by atoms with E-state index in [-0.39, 0.29) is 5.60 Å². The van der Waals surface area contributed by atoms with E-state index >= 15 is 0 Å². The van der Waals surface area contributed by atoms with Crippen molar-refractivity contribution >= 4 is 11.3 Å². The van der Waals surface area contributed by atoms with Crippen LogP contribution in [0.2, 0.25) is 0 Å². The van der Waals surface area contributed by atoms with Crippen molar-refractivity contribution in [1.82, 2.24) is 5.32 Å². The van der Waals surface area contributed by atoms with E-state index in [9.17, 15) is 0 Å². The van der Waals surface area contributed by atoms with Crippen LogP contribution in [0, 0.1) is 0 Å². The van der Waals surface area contributed by atoms with Crippen LogP contribution in [0.5, 0.6) is 0 Å². The zero-order valence-electron chi connectivity index (χ0n) is 11.6. The number of ether oxygens (including phenoxy) is 1. The van der Waals surface area contributed by atoms with Gasteiger partial charge in [-0.05, 0) is 38.3 Å². The Bertz CT molecular complexity index is 328. The molecule has 1 atom stereocenters. The first-order chi connectivity index (χ1) is 8.82. The number of rotatable bonds is 5. The molecule has 0 bridgehead atoms. The Hall–Kier alpha value is -0.380. The van der Waals surface area contributed by atoms with Gasteiger partial charge in [0.25, 0.3) is 0 Å². The maximum Gasteiger partial charge on any atom is 0.0884 e. The third kappa shape index (κ3) is 2.95. The Morgan fingerprint density at radius 3 is 2.56 bits per heavy atom. The molecule has 0 aromatic carbocycles. The molecule has 0 amide bonds. The van der Waals surface area contributed by atoms with Crippen LogP contribution in [0.3, 0.4) is 0 Å². The van der Waals surface area contributed by atoms with Crippen molar-refractivity contribution < 1.29 is 4.74 Å². The van der Waals surface area contributed by atoms with Crippen LogP contribution in [0.4, 0.5) is 0 Å². The van der Waals surface area contributed by atoms with Crippen LogP contribution in [-0.4, -0.2) is 19.3 Å². The van der Waals surface area contributed by atoms with Crippen LogP contribution in [-0.2, 0) is 4.74 Å². The minimum atomic E-state index is 0.00481. The lowest BCUT2D eigenvalue weighted by atomic mass is 9.85. The SMILES string of the molecule is CCOC1(C(NC)c2cccs2)CCCCCC1. The number of likely N-dealkylation sites (N-methyl/N-ethyl adjacent to an activating group) is 1. The van der Waals surface area contributed by atoms with E-state index in [1.807, 2.05) is 11.3 Å². The molecule has 2 rings (SSSR count). The zero-order chi connectivity index (χ0) is 12.8. The Kier molecular flexibility index (Phi) is 5.22. The smallest absolute Gasteiger partial charge is 0.0884 e. The van der Waals surface area contributed by atoms with Crippen molar-refractivity contribution in [2.75, 3.05) is 13.7 Å². The molecule has 1 aliphatic rings. The van der Waals surface area contributed by atoms with Crippen molar-refractivity contribution in [3.05, 3.63) is 22.4 Å². The van der Waals surface area contributed by atoms with Crippen LogP contribution in [0.25, 0.3) is 0 Å². The highest BCUT2D eigenvalue weighted by molar-refractivity contribution is 7.10. The van der Waals surface area contributed by atoms with Crippen LogP contribution < -0.4 is 5.32 Å². The molecule has 1 N–H and O–H groups in total. The van der Waals surface area contributed by atoms with Gasteiger partial charge in [-0.3, -0.25) is 0 Å². The minimum absolute atomic E-state index is 0.00481. The first kappa shape index (κ1) is 14.0. The lowest BCUT2D eigenvalue weighted by molar-refractivity contribution is -0.0759. The van der Waals surface area contributed by atoms with Crippen molar-refractivity contribution in [3.8, 4) is 0 Å². The second kappa shape index (κ2) is 6.69. The van der Waals surface area contributed by atoms with Gasteiger partial charge in [0.1, 0.15) is 0 Å². The summed E-state index contributed by atoms with van der Waals surface area (Å²) >= 11 is 1.84. The summed E-state index contributed by atoms with van der Waals surface area (Å²) in [6.07, 6.45) is 7.67. The van der Waals surface area contributed by atoms with Gasteiger partial charge in [0, 0.05) is 11.5 Å². The summed E-state index contributed by atoms with van der Waals surface area (Å²) in [5.74, 6) is 0. The van der Waals surface area contributed by atoms with Crippen LogP contribution >= 0.6 is 11.3 Å². The van der Waals surface area contributed by atoms with Gasteiger partial charge in [-0.1, -0.05) is 31.7 Å². The van der Waals surface area contributed by atoms with E-state index in [1.165, 1.54) is 43.4 Å². The Balaban J connectivity index is 2.25. The van der Waals surface area contributed by atoms with Crippen molar-refractivity contribution in [2.45, 2.75) is 57.1 Å². The van der Waals surface area contributed by atoms with Gasteiger partial charge in [0.05, 0.1) is 11.6 Å². The molecule has 0 spiro atoms. The summed E-state index contributed by atoms with van der Waals surface area (Å²) in [6.45, 7) is 2.93. The average Bonchev–Trinajstić information content (AvgIpc) is 2.78. The van der Waals surface area contributed by atoms with Crippen LogP contribution in [0.1, 0.15) is 56.4 Å². The standard InChI is InChI=1S/C15H25NOS/c1-3-17-15(10-6-4-5-7-11-15)14(16-2)13-9-8-12-18-13/h8-9,12,14,16H,3-7,10-11H2,1-2H3. The largest absolute Gasteiger partial charge is 0.373 e. The predicted molar refractivity (Wildman–Crippen MR) is 78.2 cm³/mol. The van der Waals surface area contributed by atoms with Gasteiger partial charge in [-0.15, -0.1) is 11.3 Å². The zero-order valence-corrected chi connectivity index (χ0v) is 12.4. The maximum absolute atomic E-state index is 6.27. The topological polar surface area (TPSA) is 21.3 Å². The summed E-state index contributed by atoms with van der Waals surface area (Å²) in [6, 6.07) is 4.72. The second-order valence-corrected chi connectivity index (χ2v) is 6.13. The monoisotopic (exact) mass is 267 g/mol. The fraction of sp³-hybridized carbons (Fsp3) is 0.733. The van der Waals surface area contributed by atoms with E-state index in [0.29, 0.717) is 6.04 Å². The molecule has 1 aromatic rings. The van der Waals surface area contributed by atoms with E-state index in [2.05, 4.69) is 36.8 Å². The molecule has 1 unspecified atom stereocenters. The summed E-state index contributed by atoms with van der Waals surface area (Å²) in [5, 5.41) is 5.68. The average molecular weight is 267 g/mol. The van der Waals surface area contributed by atoms with Gasteiger partial charge >= 0.3 is 0 Å². The molecule has 0 aliphatic heterocycles. The molecule has 102 valence electrons. The highest BCUT2D eigenvalue weighted by Crippen LogP contribution is 2.41. The van der Waals surface area contributed by atoms with E-state index in [4.69, 9.17) is 4.74 Å². The molecule has 0 saturated heterocycles. The second-order valence-electron chi connectivity index (χ2n) is 5.15. The summed E-state index contributed by atoms with van der Waals surface area (Å²) in [7, 11) is 2.07. The highest BCUT2D eigenvalue weighted by Gasteiger charge is 2.40. The van der Waals surface area contributed by atoms with Gasteiger partial charge in [0.2, 0.25) is 0 Å². The fourth-order valence-electron chi connectivity index (χ4n) is 3.25. The minimum Gasteiger partial charge on any atom is -0.373 e. The number of hydrogen-bond donors (Lipinski definition) is 1. The predicted octanol–water partition coefficient (Wildman–Crippen LogP) is 4.14.